The summed E-state index contributed by atoms with van der Waals surface area (Å²) in [5, 5.41) is 14.4. The van der Waals surface area contributed by atoms with Crippen LogP contribution in [0.4, 0.5) is 19.0 Å². The first-order valence-electron chi connectivity index (χ1n) is 25.7. The maximum atomic E-state index is 13.3. The molecule has 18 nitrogen and oxygen atoms in total. The molecule has 1 fully saturated rings. The van der Waals surface area contributed by atoms with Crippen LogP contribution in [0.1, 0.15) is 82.7 Å². The summed E-state index contributed by atoms with van der Waals surface area (Å²) in [6.45, 7) is 7.79. The van der Waals surface area contributed by atoms with Crippen LogP contribution in [0.25, 0.3) is 11.2 Å². The summed E-state index contributed by atoms with van der Waals surface area (Å²) in [6, 6.07) is 36.0. The Hall–Kier alpha value is -6.76. The molecule has 4 aromatic carbocycles. The van der Waals surface area contributed by atoms with Crippen LogP contribution in [0, 0.1) is 11.3 Å². The molecule has 0 radical (unpaired) electrons. The average Bonchev–Trinajstić information content (AvgIpc) is 4.03. The Balaban J connectivity index is 1.30. The molecule has 1 unspecified atom stereocenters. The number of rotatable bonds is 29. The van der Waals surface area contributed by atoms with Gasteiger partial charge in [0, 0.05) is 25.2 Å². The Morgan fingerprint density at radius 2 is 1.40 bits per heavy atom. The molecule has 2 N–H and O–H groups in total. The number of benzene rings is 4. The first kappa shape index (κ1) is 58.9. The number of hydrogen-bond donors (Lipinski definition) is 2. The number of anilines is 1. The van der Waals surface area contributed by atoms with Gasteiger partial charge in [0.2, 0.25) is 0 Å². The number of fused-ring (bicyclic) bond motifs is 1. The smallest absolute Gasteiger partial charge is 0.471 e. The van der Waals surface area contributed by atoms with Gasteiger partial charge in [-0.2, -0.15) is 18.4 Å². The van der Waals surface area contributed by atoms with Crippen molar-refractivity contribution in [2.75, 3.05) is 52.5 Å². The number of carbonyl (C=O) groups excluding carboxylic acids is 2. The van der Waals surface area contributed by atoms with E-state index in [0.717, 1.165) is 16.7 Å². The van der Waals surface area contributed by atoms with Crippen molar-refractivity contribution in [2.45, 2.75) is 108 Å². The maximum Gasteiger partial charge on any atom is 0.471 e. The predicted molar refractivity (Wildman–Crippen MR) is 285 cm³/mol. The van der Waals surface area contributed by atoms with Crippen LogP contribution in [0.15, 0.2) is 122 Å². The minimum atomic E-state index is -4.97. The number of nitrogens with zero attached hydrogens (tertiary/aromatic N) is 6. The highest BCUT2D eigenvalue weighted by atomic mass is 31.2. The van der Waals surface area contributed by atoms with Gasteiger partial charge in [-0.1, -0.05) is 85.6 Å². The summed E-state index contributed by atoms with van der Waals surface area (Å²) >= 11 is 0. The number of para-hydroxylation sites is 1. The molecule has 2 amide bonds. The lowest BCUT2D eigenvalue weighted by atomic mass is 9.80. The summed E-state index contributed by atoms with van der Waals surface area (Å²) in [5.74, 6) is -0.546. The van der Waals surface area contributed by atoms with Crippen LogP contribution in [0.5, 0.6) is 17.2 Å². The van der Waals surface area contributed by atoms with Gasteiger partial charge in [-0.3, -0.25) is 14.2 Å². The number of nitriles is 1. The highest BCUT2D eigenvalue weighted by Gasteiger charge is 2.52. The third-order valence-corrected chi connectivity index (χ3v) is 14.9. The van der Waals surface area contributed by atoms with Crippen molar-refractivity contribution in [2.24, 2.45) is 0 Å². The molecule has 1 aliphatic rings. The lowest BCUT2D eigenvalue weighted by Crippen LogP contribution is -2.43. The Morgan fingerprint density at radius 1 is 0.782 bits per heavy atom. The van der Waals surface area contributed by atoms with Gasteiger partial charge in [0.05, 0.1) is 46.3 Å². The molecule has 7 rings (SSSR count). The van der Waals surface area contributed by atoms with Crippen LogP contribution >= 0.6 is 8.53 Å². The van der Waals surface area contributed by atoms with Crippen LogP contribution in [-0.2, 0) is 38.4 Å². The van der Waals surface area contributed by atoms with E-state index in [4.69, 9.17) is 42.5 Å². The molecule has 1 aliphatic heterocycles. The summed E-state index contributed by atoms with van der Waals surface area (Å²) in [6.07, 6.45) is -4.07. The molecule has 0 spiro atoms. The lowest BCUT2D eigenvalue weighted by molar-refractivity contribution is -0.173. The van der Waals surface area contributed by atoms with Gasteiger partial charge in [-0.15, -0.1) is 0 Å². The number of halogens is 3. The van der Waals surface area contributed by atoms with Gasteiger partial charge in [0.1, 0.15) is 47.5 Å². The number of unbranched alkanes of at least 4 members (excludes halogenated alkanes) is 3. The molecule has 5 atom stereocenters. The molecular weight excluding hydrogens is 1030 g/mol. The number of nitrogens with one attached hydrogen (secondary N) is 2. The monoisotopic (exact) mass is 1100 g/mol. The van der Waals surface area contributed by atoms with Crippen molar-refractivity contribution < 1.29 is 60.2 Å². The fourth-order valence-electron chi connectivity index (χ4n) is 9.12. The van der Waals surface area contributed by atoms with E-state index in [-0.39, 0.29) is 68.5 Å². The maximum absolute atomic E-state index is 13.3. The molecule has 1 saturated heterocycles. The van der Waals surface area contributed by atoms with Gasteiger partial charge in [-0.05, 0) is 93.6 Å². The second-order valence-electron chi connectivity index (χ2n) is 18.7. The summed E-state index contributed by atoms with van der Waals surface area (Å²) in [4.78, 5) is 38.4. The molecule has 78 heavy (non-hydrogen) atoms. The lowest BCUT2D eigenvalue weighted by Gasteiger charge is -2.39. The normalized spacial score (nSPS) is 17.1. The second kappa shape index (κ2) is 28.2. The molecule has 0 saturated carbocycles. The molecule has 22 heteroatoms. The highest BCUT2D eigenvalue weighted by molar-refractivity contribution is 7.44. The minimum Gasteiger partial charge on any atom is -0.497 e. The number of ether oxygens (including phenoxy) is 6. The number of hydrogen-bond acceptors (Lipinski definition) is 15. The van der Waals surface area contributed by atoms with Crippen LogP contribution < -0.4 is 24.8 Å². The summed E-state index contributed by atoms with van der Waals surface area (Å²) in [7, 11) is 1.26. The van der Waals surface area contributed by atoms with Gasteiger partial charge in [0.25, 0.3) is 14.4 Å². The van der Waals surface area contributed by atoms with Crippen molar-refractivity contribution in [1.29, 1.82) is 5.26 Å². The predicted octanol–water partition coefficient (Wildman–Crippen LogP) is 10.1. The largest absolute Gasteiger partial charge is 0.497 e. The van der Waals surface area contributed by atoms with E-state index in [9.17, 15) is 28.0 Å². The number of alkyl halides is 3. The number of carbonyl (C=O) groups is 2. The number of methoxy groups -OCH3 is 2. The Kier molecular flexibility index (Phi) is 21.3. The van der Waals surface area contributed by atoms with Crippen LogP contribution in [-0.4, -0.2) is 120 Å². The molecule has 416 valence electrons. The average molecular weight is 1100 g/mol. The molecular formula is C56H66F3N8O10P. The Morgan fingerprint density at radius 3 is 2.00 bits per heavy atom. The van der Waals surface area contributed by atoms with E-state index in [1.54, 1.807) is 43.1 Å². The van der Waals surface area contributed by atoms with Gasteiger partial charge in [-0.25, -0.2) is 19.6 Å². The van der Waals surface area contributed by atoms with E-state index in [2.05, 4.69) is 26.0 Å². The number of aromatic nitrogens is 4. The van der Waals surface area contributed by atoms with Crippen molar-refractivity contribution in [3.63, 3.8) is 0 Å². The van der Waals surface area contributed by atoms with Gasteiger partial charge < -0.3 is 48.1 Å². The topological polar surface area (TPSA) is 203 Å². The third kappa shape index (κ3) is 14.9. The van der Waals surface area contributed by atoms with Crippen LogP contribution in [0.3, 0.4) is 0 Å². The zero-order chi connectivity index (χ0) is 55.7. The third-order valence-electron chi connectivity index (χ3n) is 12.7. The van der Waals surface area contributed by atoms with E-state index in [1.807, 2.05) is 118 Å². The van der Waals surface area contributed by atoms with Crippen molar-refractivity contribution in [3.05, 3.63) is 139 Å². The quantitative estimate of drug-likeness (QED) is 0.0255. The summed E-state index contributed by atoms with van der Waals surface area (Å²) in [5.41, 5.74) is 1.59. The van der Waals surface area contributed by atoms with Crippen LogP contribution in [0.2, 0.25) is 0 Å². The van der Waals surface area contributed by atoms with Gasteiger partial charge in [0.15, 0.2) is 29.8 Å². The molecule has 6 aromatic rings. The minimum absolute atomic E-state index is 0.0747. The first-order chi connectivity index (χ1) is 37.7. The van der Waals surface area contributed by atoms with E-state index >= 15 is 0 Å². The van der Waals surface area contributed by atoms with E-state index in [0.29, 0.717) is 42.9 Å². The number of amides is 2. The number of imidazole rings is 1. The van der Waals surface area contributed by atoms with Crippen molar-refractivity contribution in [3.8, 4) is 23.3 Å². The van der Waals surface area contributed by atoms with Crippen molar-refractivity contribution in [1.82, 2.24) is 29.5 Å². The summed E-state index contributed by atoms with van der Waals surface area (Å²) < 4.78 is 94.6. The second-order valence-corrected chi connectivity index (χ2v) is 20.1. The Bertz CT molecular complexity index is 2810. The highest BCUT2D eigenvalue weighted by Crippen LogP contribution is 2.52. The van der Waals surface area contributed by atoms with Gasteiger partial charge >= 0.3 is 12.1 Å². The van der Waals surface area contributed by atoms with E-state index < -0.39 is 56.7 Å². The molecule has 2 aromatic heterocycles. The fraction of sp³-hybridized carbons (Fsp3) is 0.429. The molecule has 0 aliphatic carbocycles. The molecule has 3 heterocycles. The zero-order valence-corrected chi connectivity index (χ0v) is 45.3. The fourth-order valence-corrected chi connectivity index (χ4v) is 10.9. The van der Waals surface area contributed by atoms with Crippen molar-refractivity contribution >= 4 is 37.3 Å². The standard InChI is InChI=1S/C56H66F3N8O10P/c1-38(2)67(39(3)4)78(75-33-17-30-60)77-49-46(34-74-55(40-18-11-9-12-19-40,41-22-26-43(70-5)27-23-41)42-24-28-44(71-6)29-25-42)76-53(50(49)72-32-16-8-7-15-31-61-54(69)56(57,58)59)66-37-64-48-51(62-36-63-52(48)66)65-47(68)35-73-45-20-13-10-14-21-45/h9-14,18-29,36-39,46,49-50,53H,7-8,15-17,31-35H2,1-6H3,(H,61,69)(H,62,63,65,68)/t46-,49-,50-,53-,78?/m1/s1. The molecule has 0 bridgehead atoms. The zero-order valence-electron chi connectivity index (χ0n) is 44.4. The SMILES string of the molecule is COc1ccc(C(OC[C@H]2O[C@@H](n3cnc4c(NC(=O)COc5ccccc5)ncnc43)[C@H](OCCCCCCNC(=O)C(F)(F)F)[C@@H]2OP(OCCC#N)N(C(C)C)C(C)C)(c2ccccc2)c2ccc(OC)cc2)cc1. The van der Waals surface area contributed by atoms with E-state index in [1.165, 1.54) is 12.7 Å². The first-order valence-corrected chi connectivity index (χ1v) is 26.8. The Labute approximate surface area is 453 Å².